The van der Waals surface area contributed by atoms with E-state index in [0.717, 1.165) is 0 Å². The van der Waals surface area contributed by atoms with Gasteiger partial charge in [-0.15, -0.1) is 10.1 Å². The van der Waals surface area contributed by atoms with Crippen LogP contribution >= 0.6 is 0 Å². The van der Waals surface area contributed by atoms with E-state index in [2.05, 4.69) is 4.84 Å². The summed E-state index contributed by atoms with van der Waals surface area (Å²) in [6.45, 7) is -2.27. The van der Waals surface area contributed by atoms with Gasteiger partial charge in [0.2, 0.25) is 0 Å². The van der Waals surface area contributed by atoms with Crippen LogP contribution < -0.4 is 0 Å². The Morgan fingerprint density at radius 2 is 1.93 bits per heavy atom. The van der Waals surface area contributed by atoms with Crippen LogP contribution in [0.2, 0.25) is 0 Å². The van der Waals surface area contributed by atoms with Crippen LogP contribution in [-0.2, 0) is 4.84 Å². The predicted molar refractivity (Wildman–Crippen MR) is 39.2 cm³/mol. The minimum Gasteiger partial charge on any atom is -0.394 e. The summed E-state index contributed by atoms with van der Waals surface area (Å²) >= 11 is 0. The van der Waals surface area contributed by atoms with Crippen molar-refractivity contribution < 1.29 is 35.5 Å². The Morgan fingerprint density at radius 3 is 2.21 bits per heavy atom. The maximum Gasteiger partial charge on any atom is 0.297 e. The van der Waals surface area contributed by atoms with Gasteiger partial charge in [-0.2, -0.15) is 0 Å². The molecule has 0 aliphatic heterocycles. The zero-order chi connectivity index (χ0) is 11.4. The van der Waals surface area contributed by atoms with Crippen molar-refractivity contribution in [3.05, 3.63) is 10.1 Å². The molecule has 0 amide bonds. The lowest BCUT2D eigenvalue weighted by Gasteiger charge is -2.30. The second kappa shape index (κ2) is 5.02. The van der Waals surface area contributed by atoms with Gasteiger partial charge < -0.3 is 25.5 Å². The van der Waals surface area contributed by atoms with Gasteiger partial charge in [-0.25, -0.2) is 0 Å². The van der Waals surface area contributed by atoms with E-state index in [1.807, 2.05) is 0 Å². The van der Waals surface area contributed by atoms with Crippen LogP contribution in [0.3, 0.4) is 0 Å². The summed E-state index contributed by atoms with van der Waals surface area (Å²) in [7, 11) is 0. The van der Waals surface area contributed by atoms with Gasteiger partial charge in [0.15, 0.2) is 0 Å². The minimum atomic E-state index is -2.95. The summed E-state index contributed by atoms with van der Waals surface area (Å²) in [4.78, 5) is 13.4. The molecule has 0 bridgehead atoms. The molecule has 3 atom stereocenters. The molecule has 5 N–H and O–H groups in total. The Hall–Kier alpha value is -1.00. The molecule has 84 valence electrons. The summed E-state index contributed by atoms with van der Waals surface area (Å²) in [5.41, 5.74) is 0. The minimum absolute atomic E-state index is 0.954. The fraction of sp³-hybridized carbons (Fsp3) is 1.00. The Bertz CT molecular complexity index is 198. The standard InChI is InChI=1S/C5H11NO8/c7-1-3(9)4(10)5(11,2-8)14-6(12)13/h3-4,7-11H,1-2H2/t3-,4+,5+/m0/s1. The molecule has 0 aliphatic rings. The van der Waals surface area contributed by atoms with Gasteiger partial charge in [0.25, 0.3) is 10.9 Å². The number of nitrogens with zero attached hydrogens (tertiary/aromatic N) is 1. The van der Waals surface area contributed by atoms with E-state index in [9.17, 15) is 10.1 Å². The SMILES string of the molecule is O=[N+]([O-])O[C@](O)(CO)[C@H](O)[C@@H](O)CO. The van der Waals surface area contributed by atoms with Crippen LogP contribution in [0.1, 0.15) is 0 Å². The van der Waals surface area contributed by atoms with E-state index in [0.29, 0.717) is 0 Å². The van der Waals surface area contributed by atoms with Gasteiger partial charge >= 0.3 is 0 Å². The van der Waals surface area contributed by atoms with E-state index < -0.39 is 36.3 Å². The number of aliphatic hydroxyl groups excluding tert-OH is 4. The normalized spacial score (nSPS) is 19.5. The molecule has 0 radical (unpaired) electrons. The highest BCUT2D eigenvalue weighted by atomic mass is 17.0. The van der Waals surface area contributed by atoms with Crippen molar-refractivity contribution in [2.45, 2.75) is 18.0 Å². The molecular weight excluding hydrogens is 202 g/mol. The van der Waals surface area contributed by atoms with Crippen molar-refractivity contribution in [2.75, 3.05) is 13.2 Å². The average Bonchev–Trinajstić information content (AvgIpc) is 2.14. The fourth-order valence-corrected chi connectivity index (χ4v) is 0.706. The van der Waals surface area contributed by atoms with Crippen molar-refractivity contribution >= 4 is 0 Å². The second-order valence-electron chi connectivity index (χ2n) is 2.51. The molecule has 0 saturated heterocycles. The first-order valence-electron chi connectivity index (χ1n) is 3.51. The smallest absolute Gasteiger partial charge is 0.297 e. The maximum atomic E-state index is 9.85. The van der Waals surface area contributed by atoms with Gasteiger partial charge in [-0.3, -0.25) is 4.84 Å². The van der Waals surface area contributed by atoms with Gasteiger partial charge in [0.05, 0.1) is 13.2 Å². The Kier molecular flexibility index (Phi) is 4.67. The average molecular weight is 213 g/mol. The Balaban J connectivity index is 4.57. The van der Waals surface area contributed by atoms with Crippen LogP contribution in [0.4, 0.5) is 0 Å². The van der Waals surface area contributed by atoms with Crippen molar-refractivity contribution in [2.24, 2.45) is 0 Å². The van der Waals surface area contributed by atoms with Gasteiger partial charge in [-0.1, -0.05) is 0 Å². The Morgan fingerprint density at radius 1 is 1.43 bits per heavy atom. The first-order chi connectivity index (χ1) is 6.37. The molecule has 0 aliphatic carbocycles. The Labute approximate surface area is 77.9 Å². The third-order valence-corrected chi connectivity index (χ3v) is 1.47. The predicted octanol–water partition coefficient (Wildman–Crippen LogP) is -3.41. The van der Waals surface area contributed by atoms with Crippen LogP contribution in [-0.4, -0.2) is 61.8 Å². The number of hydrogen-bond donors (Lipinski definition) is 5. The highest BCUT2D eigenvalue weighted by Gasteiger charge is 2.43. The molecule has 0 spiro atoms. The van der Waals surface area contributed by atoms with Crippen molar-refractivity contribution in [3.8, 4) is 0 Å². The van der Waals surface area contributed by atoms with Crippen molar-refractivity contribution in [1.29, 1.82) is 0 Å². The van der Waals surface area contributed by atoms with E-state index >= 15 is 0 Å². The number of rotatable bonds is 6. The lowest BCUT2D eigenvalue weighted by Crippen LogP contribution is -2.55. The molecule has 9 nitrogen and oxygen atoms in total. The molecule has 14 heavy (non-hydrogen) atoms. The molecule has 0 fully saturated rings. The molecule has 9 heteroatoms. The molecular formula is C5H11NO8. The van der Waals surface area contributed by atoms with Crippen molar-refractivity contribution in [3.63, 3.8) is 0 Å². The molecule has 0 rings (SSSR count). The van der Waals surface area contributed by atoms with Crippen LogP contribution in [0.25, 0.3) is 0 Å². The van der Waals surface area contributed by atoms with Crippen LogP contribution in [0.5, 0.6) is 0 Å². The van der Waals surface area contributed by atoms with Crippen LogP contribution in [0.15, 0.2) is 0 Å². The molecule has 0 aromatic carbocycles. The number of hydrogen-bond acceptors (Lipinski definition) is 8. The lowest BCUT2D eigenvalue weighted by molar-refractivity contribution is -0.800. The monoisotopic (exact) mass is 213 g/mol. The molecule has 0 aromatic heterocycles. The lowest BCUT2D eigenvalue weighted by atomic mass is 10.1. The highest BCUT2D eigenvalue weighted by Crippen LogP contribution is 2.15. The third-order valence-electron chi connectivity index (χ3n) is 1.47. The summed E-state index contributed by atoms with van der Waals surface area (Å²) in [5.74, 6) is -2.95. The first-order valence-corrected chi connectivity index (χ1v) is 3.51. The molecule has 0 saturated carbocycles. The quantitative estimate of drug-likeness (QED) is 0.174. The van der Waals surface area contributed by atoms with Gasteiger partial charge in [0.1, 0.15) is 12.2 Å². The van der Waals surface area contributed by atoms with Gasteiger partial charge in [0, 0.05) is 0 Å². The fourth-order valence-electron chi connectivity index (χ4n) is 0.706. The number of aliphatic hydroxyl groups is 5. The first kappa shape index (κ1) is 13.0. The molecule has 0 aromatic rings. The third kappa shape index (κ3) is 3.05. The highest BCUT2D eigenvalue weighted by molar-refractivity contribution is 4.81. The zero-order valence-electron chi connectivity index (χ0n) is 6.98. The van der Waals surface area contributed by atoms with E-state index in [1.165, 1.54) is 0 Å². The van der Waals surface area contributed by atoms with E-state index in [1.54, 1.807) is 0 Å². The largest absolute Gasteiger partial charge is 0.394 e. The van der Waals surface area contributed by atoms with Crippen molar-refractivity contribution in [1.82, 2.24) is 0 Å². The zero-order valence-corrected chi connectivity index (χ0v) is 6.98. The molecule has 0 unspecified atom stereocenters. The summed E-state index contributed by atoms with van der Waals surface area (Å²) in [6.07, 6.45) is -4.07. The second-order valence-corrected chi connectivity index (χ2v) is 2.51. The summed E-state index contributed by atoms with van der Waals surface area (Å²) in [6, 6.07) is 0. The van der Waals surface area contributed by atoms with Gasteiger partial charge in [-0.05, 0) is 0 Å². The maximum absolute atomic E-state index is 9.85. The van der Waals surface area contributed by atoms with Crippen LogP contribution in [0, 0.1) is 10.1 Å². The van der Waals surface area contributed by atoms with E-state index in [4.69, 9.17) is 25.5 Å². The molecule has 0 heterocycles. The van der Waals surface area contributed by atoms with E-state index in [-0.39, 0.29) is 0 Å². The topological polar surface area (TPSA) is 154 Å². The summed E-state index contributed by atoms with van der Waals surface area (Å²) < 4.78 is 0. The summed E-state index contributed by atoms with van der Waals surface area (Å²) in [5, 5.41) is 52.3.